The van der Waals surface area contributed by atoms with Gasteiger partial charge in [-0.05, 0) is 52.0 Å². The van der Waals surface area contributed by atoms with Crippen LogP contribution in [-0.2, 0) is 10.3 Å². The van der Waals surface area contributed by atoms with E-state index in [-0.39, 0.29) is 0 Å². The van der Waals surface area contributed by atoms with Gasteiger partial charge < -0.3 is 19.3 Å². The minimum absolute atomic E-state index is 0.408. The van der Waals surface area contributed by atoms with E-state index in [1.54, 1.807) is 19.5 Å². The van der Waals surface area contributed by atoms with Gasteiger partial charge in [-0.25, -0.2) is 4.79 Å². The predicted molar refractivity (Wildman–Crippen MR) is 136 cm³/mol. The van der Waals surface area contributed by atoms with E-state index < -0.39 is 11.6 Å². The Bertz CT molecular complexity index is 1080. The number of methoxy groups -OCH3 is 1. The minimum atomic E-state index is -1.10. The first kappa shape index (κ1) is 23.6. The average Bonchev–Trinajstić information content (AvgIpc) is 3.20. The summed E-state index contributed by atoms with van der Waals surface area (Å²) in [4.78, 5) is 22.1. The first-order valence-corrected chi connectivity index (χ1v) is 12.0. The molecule has 0 fully saturated rings. The average molecular weight is 460 g/mol. The third-order valence-corrected chi connectivity index (χ3v) is 6.77. The molecular weight excluding hydrogens is 426 g/mol. The number of ether oxygens (including phenoxy) is 2. The molecule has 0 saturated heterocycles. The first-order valence-electron chi connectivity index (χ1n) is 12.0. The van der Waals surface area contributed by atoms with Gasteiger partial charge in [0.2, 0.25) is 0 Å². The van der Waals surface area contributed by atoms with Crippen molar-refractivity contribution in [2.24, 2.45) is 0 Å². The predicted octanol–water partition coefficient (Wildman–Crippen LogP) is 5.24. The molecule has 34 heavy (non-hydrogen) atoms. The number of benzene rings is 2. The Morgan fingerprint density at radius 1 is 0.794 bits per heavy atom. The third kappa shape index (κ3) is 3.77. The maximum atomic E-state index is 13.2. The Kier molecular flexibility index (Phi) is 6.77. The van der Waals surface area contributed by atoms with Gasteiger partial charge in [0.1, 0.15) is 5.56 Å². The molecule has 0 atom stereocenters. The summed E-state index contributed by atoms with van der Waals surface area (Å²) >= 11 is 0. The van der Waals surface area contributed by atoms with Gasteiger partial charge in [0.05, 0.1) is 13.3 Å². The van der Waals surface area contributed by atoms with Crippen molar-refractivity contribution in [2.45, 2.75) is 33.3 Å². The molecule has 6 heteroatoms. The van der Waals surface area contributed by atoms with Crippen LogP contribution in [0.2, 0.25) is 0 Å². The van der Waals surface area contributed by atoms with Crippen LogP contribution < -0.4 is 14.5 Å². The Hall–Kier alpha value is -3.54. The zero-order chi connectivity index (χ0) is 24.3. The second-order valence-corrected chi connectivity index (χ2v) is 8.27. The normalized spacial score (nSPS) is 13.9. The van der Waals surface area contributed by atoms with Crippen molar-refractivity contribution in [2.75, 3.05) is 43.1 Å². The highest BCUT2D eigenvalue weighted by molar-refractivity contribution is 5.99. The van der Waals surface area contributed by atoms with Crippen LogP contribution in [0.5, 0.6) is 5.75 Å². The molecule has 0 saturated carbocycles. The fourth-order valence-electron chi connectivity index (χ4n) is 4.91. The fourth-order valence-corrected chi connectivity index (χ4v) is 4.91. The molecular formula is C28H33N3O3. The van der Waals surface area contributed by atoms with Crippen LogP contribution in [0.3, 0.4) is 0 Å². The summed E-state index contributed by atoms with van der Waals surface area (Å²) in [7, 11) is 1.54. The summed E-state index contributed by atoms with van der Waals surface area (Å²) in [6, 6.07) is 16.6. The second kappa shape index (κ2) is 9.75. The summed E-state index contributed by atoms with van der Waals surface area (Å²) in [5.41, 5.74) is 4.05. The van der Waals surface area contributed by atoms with Crippen LogP contribution in [-0.4, -0.2) is 44.2 Å². The number of pyridine rings is 1. The monoisotopic (exact) mass is 459 g/mol. The van der Waals surface area contributed by atoms with E-state index >= 15 is 0 Å². The van der Waals surface area contributed by atoms with Gasteiger partial charge in [-0.2, -0.15) is 0 Å². The zero-order valence-electron chi connectivity index (χ0n) is 20.7. The van der Waals surface area contributed by atoms with Gasteiger partial charge >= 0.3 is 5.97 Å². The number of hydrogen-bond acceptors (Lipinski definition) is 6. The molecule has 0 N–H and O–H groups in total. The standard InChI is InChI=1S/C28H33N3O3/c1-6-30(7-2)22-14-10-20(11-15-22)28(21-12-16-23(17-13-21)31(8-3)9-4)24-18-29-19-25(33-5)26(24)27(32)34-28/h10-19H,6-9H2,1-5H3. The molecule has 4 rings (SSSR count). The van der Waals surface area contributed by atoms with Gasteiger partial charge in [0.25, 0.3) is 0 Å². The molecule has 1 aromatic heterocycles. The molecule has 3 aromatic rings. The van der Waals surface area contributed by atoms with E-state index in [4.69, 9.17) is 9.47 Å². The zero-order valence-corrected chi connectivity index (χ0v) is 20.7. The highest BCUT2D eigenvalue weighted by atomic mass is 16.6. The van der Waals surface area contributed by atoms with E-state index in [0.717, 1.165) is 48.7 Å². The lowest BCUT2D eigenvalue weighted by atomic mass is 9.80. The number of aromatic nitrogens is 1. The Labute approximate surface area is 202 Å². The number of esters is 1. The molecule has 178 valence electrons. The SMILES string of the molecule is CCN(CC)c1ccc(C2(c3ccc(N(CC)CC)cc3)OC(=O)c3c(OC)cncc32)cc1. The van der Waals surface area contributed by atoms with E-state index in [2.05, 4.69) is 66.7 Å². The van der Waals surface area contributed by atoms with Gasteiger partial charge in [0, 0.05) is 60.4 Å². The molecule has 2 heterocycles. The van der Waals surface area contributed by atoms with Crippen molar-refractivity contribution in [1.29, 1.82) is 0 Å². The van der Waals surface area contributed by atoms with Crippen molar-refractivity contribution in [3.05, 3.63) is 83.2 Å². The molecule has 0 aliphatic carbocycles. The molecule has 6 nitrogen and oxygen atoms in total. The van der Waals surface area contributed by atoms with Crippen molar-refractivity contribution >= 4 is 17.3 Å². The van der Waals surface area contributed by atoms with Crippen LogP contribution in [0.25, 0.3) is 0 Å². The van der Waals surface area contributed by atoms with E-state index in [0.29, 0.717) is 16.9 Å². The second-order valence-electron chi connectivity index (χ2n) is 8.27. The van der Waals surface area contributed by atoms with Gasteiger partial charge in [-0.1, -0.05) is 24.3 Å². The first-order chi connectivity index (χ1) is 16.5. The maximum absolute atomic E-state index is 13.2. The Balaban J connectivity index is 1.90. The lowest BCUT2D eigenvalue weighted by molar-refractivity contribution is 0.0250. The van der Waals surface area contributed by atoms with Gasteiger partial charge in [-0.15, -0.1) is 0 Å². The number of rotatable bonds is 9. The van der Waals surface area contributed by atoms with Crippen LogP contribution >= 0.6 is 0 Å². The Morgan fingerprint density at radius 3 is 1.68 bits per heavy atom. The fraction of sp³-hybridized carbons (Fsp3) is 0.357. The number of nitrogens with zero attached hydrogens (tertiary/aromatic N) is 3. The Morgan fingerprint density at radius 2 is 1.26 bits per heavy atom. The minimum Gasteiger partial charge on any atom is -0.494 e. The number of carbonyl (C=O) groups is 1. The highest BCUT2D eigenvalue weighted by Crippen LogP contribution is 2.49. The molecule has 0 spiro atoms. The largest absolute Gasteiger partial charge is 0.494 e. The molecule has 0 radical (unpaired) electrons. The molecule has 0 bridgehead atoms. The molecule has 1 aliphatic heterocycles. The topological polar surface area (TPSA) is 54.9 Å². The van der Waals surface area contributed by atoms with Crippen molar-refractivity contribution in [3.63, 3.8) is 0 Å². The third-order valence-electron chi connectivity index (χ3n) is 6.77. The quantitative estimate of drug-likeness (QED) is 0.408. The van der Waals surface area contributed by atoms with Crippen LogP contribution in [0.4, 0.5) is 11.4 Å². The lowest BCUT2D eigenvalue weighted by Crippen LogP contribution is -2.30. The molecule has 0 unspecified atom stereocenters. The summed E-state index contributed by atoms with van der Waals surface area (Å²) in [6.07, 6.45) is 3.28. The molecule has 1 aliphatic rings. The number of hydrogen-bond donors (Lipinski definition) is 0. The molecule has 0 amide bonds. The number of carbonyl (C=O) groups excluding carboxylic acids is 1. The highest BCUT2D eigenvalue weighted by Gasteiger charge is 2.50. The van der Waals surface area contributed by atoms with Gasteiger partial charge in [0.15, 0.2) is 11.4 Å². The number of cyclic esters (lactones) is 1. The lowest BCUT2D eigenvalue weighted by Gasteiger charge is -2.31. The summed E-state index contributed by atoms with van der Waals surface area (Å²) in [5, 5.41) is 0. The maximum Gasteiger partial charge on any atom is 0.344 e. The van der Waals surface area contributed by atoms with Crippen molar-refractivity contribution in [3.8, 4) is 5.75 Å². The smallest absolute Gasteiger partial charge is 0.344 e. The number of anilines is 2. The summed E-state index contributed by atoms with van der Waals surface area (Å²) in [5.74, 6) is 0.0128. The van der Waals surface area contributed by atoms with Crippen LogP contribution in [0.1, 0.15) is 54.7 Å². The van der Waals surface area contributed by atoms with E-state index in [1.165, 1.54) is 0 Å². The van der Waals surface area contributed by atoms with E-state index in [9.17, 15) is 4.79 Å². The van der Waals surface area contributed by atoms with Gasteiger partial charge in [-0.3, -0.25) is 4.98 Å². The summed E-state index contributed by atoms with van der Waals surface area (Å²) in [6.45, 7) is 12.3. The van der Waals surface area contributed by atoms with Crippen LogP contribution in [0, 0.1) is 0 Å². The summed E-state index contributed by atoms with van der Waals surface area (Å²) < 4.78 is 11.7. The van der Waals surface area contributed by atoms with Crippen molar-refractivity contribution < 1.29 is 14.3 Å². The molecule has 2 aromatic carbocycles. The van der Waals surface area contributed by atoms with Crippen molar-refractivity contribution in [1.82, 2.24) is 4.98 Å². The van der Waals surface area contributed by atoms with E-state index in [1.807, 2.05) is 24.3 Å². The van der Waals surface area contributed by atoms with Crippen LogP contribution in [0.15, 0.2) is 60.9 Å². The number of fused-ring (bicyclic) bond motifs is 1.